The van der Waals surface area contributed by atoms with Gasteiger partial charge in [-0.15, -0.1) is 0 Å². The molecule has 0 atom stereocenters. The first-order valence-corrected chi connectivity index (χ1v) is 6.77. The average molecular weight is 267 g/mol. The summed E-state index contributed by atoms with van der Waals surface area (Å²) < 4.78 is 1.69. The molecular weight excluding hydrogens is 250 g/mol. The van der Waals surface area contributed by atoms with E-state index in [9.17, 15) is 4.79 Å². The minimum Gasteiger partial charge on any atom is -0.380 e. The lowest BCUT2D eigenvalue weighted by atomic mass is 10.1. The third kappa shape index (κ3) is 2.32. The molecule has 0 radical (unpaired) electrons. The van der Waals surface area contributed by atoms with Crippen molar-refractivity contribution in [1.29, 1.82) is 0 Å². The highest BCUT2D eigenvalue weighted by Gasteiger charge is 2.02. The molecule has 0 spiro atoms. The van der Waals surface area contributed by atoms with Crippen molar-refractivity contribution in [2.75, 3.05) is 5.32 Å². The van der Waals surface area contributed by atoms with Crippen molar-refractivity contribution < 1.29 is 0 Å². The molecule has 1 aromatic carbocycles. The summed E-state index contributed by atoms with van der Waals surface area (Å²) >= 11 is 0. The van der Waals surface area contributed by atoms with Gasteiger partial charge in [-0.2, -0.15) is 0 Å². The number of aryl methyl sites for hydroxylation is 1. The van der Waals surface area contributed by atoms with Crippen LogP contribution < -0.4 is 10.9 Å². The first-order valence-electron chi connectivity index (χ1n) is 6.77. The van der Waals surface area contributed by atoms with E-state index >= 15 is 0 Å². The molecule has 0 saturated heterocycles. The third-order valence-corrected chi connectivity index (χ3v) is 3.48. The van der Waals surface area contributed by atoms with Crippen LogP contribution in [0.15, 0.2) is 53.6 Å². The van der Waals surface area contributed by atoms with E-state index in [1.54, 1.807) is 10.6 Å². The van der Waals surface area contributed by atoms with Crippen molar-refractivity contribution in [3.05, 3.63) is 64.7 Å². The summed E-state index contributed by atoms with van der Waals surface area (Å²) in [5.41, 5.74) is 3.35. The summed E-state index contributed by atoms with van der Waals surface area (Å²) in [6.45, 7) is 3.37. The highest BCUT2D eigenvalue weighted by molar-refractivity contribution is 5.82. The number of aromatic amines is 1. The quantitative estimate of drug-likeness (QED) is 0.763. The van der Waals surface area contributed by atoms with E-state index in [1.165, 1.54) is 10.9 Å². The molecule has 0 aliphatic carbocycles. The first kappa shape index (κ1) is 12.5. The number of para-hydroxylation sites is 1. The lowest BCUT2D eigenvalue weighted by Crippen LogP contribution is -2.17. The lowest BCUT2D eigenvalue weighted by Gasteiger charge is -2.09. The number of H-pyrrole nitrogens is 1. The van der Waals surface area contributed by atoms with Gasteiger partial charge in [-0.1, -0.05) is 18.2 Å². The zero-order chi connectivity index (χ0) is 13.9. The van der Waals surface area contributed by atoms with Gasteiger partial charge in [-0.25, -0.2) is 0 Å². The molecule has 0 amide bonds. The standard InChI is InChI=1S/C16H17N3O/c1-2-19-11-14(6-7-15(19)20)18-10-13-5-3-4-12-8-9-17-16(12)13/h3-9,11,17-18H,2,10H2,1H3. The molecule has 0 saturated carbocycles. The van der Waals surface area contributed by atoms with Crippen molar-refractivity contribution in [3.63, 3.8) is 0 Å². The van der Waals surface area contributed by atoms with Crippen LogP contribution in [0.4, 0.5) is 5.69 Å². The van der Waals surface area contributed by atoms with Crippen LogP contribution in [0.1, 0.15) is 12.5 Å². The normalized spacial score (nSPS) is 10.8. The van der Waals surface area contributed by atoms with Gasteiger partial charge in [0.05, 0.1) is 11.2 Å². The fourth-order valence-electron chi connectivity index (χ4n) is 2.38. The Morgan fingerprint density at radius 3 is 2.95 bits per heavy atom. The molecule has 3 aromatic rings. The summed E-state index contributed by atoms with van der Waals surface area (Å²) in [6.07, 6.45) is 3.81. The Morgan fingerprint density at radius 2 is 2.10 bits per heavy atom. The molecule has 20 heavy (non-hydrogen) atoms. The fraction of sp³-hybridized carbons (Fsp3) is 0.188. The number of pyridine rings is 1. The van der Waals surface area contributed by atoms with Crippen LogP contribution >= 0.6 is 0 Å². The van der Waals surface area contributed by atoms with E-state index in [2.05, 4.69) is 34.6 Å². The summed E-state index contributed by atoms with van der Waals surface area (Å²) in [5.74, 6) is 0. The fourth-order valence-corrected chi connectivity index (χ4v) is 2.38. The van der Waals surface area contributed by atoms with Gasteiger partial charge in [0.25, 0.3) is 5.56 Å². The van der Waals surface area contributed by atoms with E-state index in [-0.39, 0.29) is 5.56 Å². The molecule has 2 aromatic heterocycles. The molecule has 4 nitrogen and oxygen atoms in total. The van der Waals surface area contributed by atoms with Gasteiger partial charge >= 0.3 is 0 Å². The van der Waals surface area contributed by atoms with E-state index in [1.807, 2.05) is 25.4 Å². The maximum Gasteiger partial charge on any atom is 0.250 e. The van der Waals surface area contributed by atoms with Crippen LogP contribution in [0.5, 0.6) is 0 Å². The number of hydrogen-bond donors (Lipinski definition) is 2. The monoisotopic (exact) mass is 267 g/mol. The van der Waals surface area contributed by atoms with E-state index in [0.29, 0.717) is 6.54 Å². The van der Waals surface area contributed by atoms with Crippen LogP contribution in [-0.4, -0.2) is 9.55 Å². The van der Waals surface area contributed by atoms with Crippen LogP contribution in [0.2, 0.25) is 0 Å². The molecule has 0 aliphatic heterocycles. The molecule has 0 aliphatic rings. The van der Waals surface area contributed by atoms with Crippen LogP contribution in [0.3, 0.4) is 0 Å². The van der Waals surface area contributed by atoms with Crippen molar-refractivity contribution in [2.24, 2.45) is 0 Å². The second-order valence-electron chi connectivity index (χ2n) is 4.75. The van der Waals surface area contributed by atoms with Crippen molar-refractivity contribution >= 4 is 16.6 Å². The SMILES string of the molecule is CCn1cc(NCc2cccc3cc[nH]c23)ccc1=O. The number of aromatic nitrogens is 2. The number of fused-ring (bicyclic) bond motifs is 1. The maximum absolute atomic E-state index is 11.5. The second-order valence-corrected chi connectivity index (χ2v) is 4.75. The Bertz CT molecular complexity index is 786. The molecule has 2 N–H and O–H groups in total. The number of anilines is 1. The minimum atomic E-state index is 0.0320. The smallest absolute Gasteiger partial charge is 0.250 e. The Balaban J connectivity index is 1.83. The topological polar surface area (TPSA) is 49.8 Å². The van der Waals surface area contributed by atoms with Crippen molar-refractivity contribution in [2.45, 2.75) is 20.0 Å². The molecule has 3 rings (SSSR count). The Hall–Kier alpha value is -2.49. The van der Waals surface area contributed by atoms with Gasteiger partial charge in [0.15, 0.2) is 0 Å². The van der Waals surface area contributed by atoms with Gasteiger partial charge in [-0.3, -0.25) is 4.79 Å². The van der Waals surface area contributed by atoms with Crippen molar-refractivity contribution in [3.8, 4) is 0 Å². The summed E-state index contributed by atoms with van der Waals surface area (Å²) in [6, 6.07) is 11.7. The number of rotatable bonds is 4. The summed E-state index contributed by atoms with van der Waals surface area (Å²) in [7, 11) is 0. The van der Waals surface area contributed by atoms with Crippen LogP contribution in [-0.2, 0) is 13.1 Å². The van der Waals surface area contributed by atoms with E-state index < -0.39 is 0 Å². The largest absolute Gasteiger partial charge is 0.380 e. The highest BCUT2D eigenvalue weighted by atomic mass is 16.1. The van der Waals surface area contributed by atoms with Gasteiger partial charge in [0.2, 0.25) is 0 Å². The van der Waals surface area contributed by atoms with E-state index in [4.69, 9.17) is 0 Å². The maximum atomic E-state index is 11.5. The molecule has 0 fully saturated rings. The summed E-state index contributed by atoms with van der Waals surface area (Å²) in [5, 5.41) is 4.58. The lowest BCUT2D eigenvalue weighted by molar-refractivity contribution is 0.727. The molecule has 102 valence electrons. The zero-order valence-electron chi connectivity index (χ0n) is 11.4. The Labute approximate surface area is 117 Å². The Morgan fingerprint density at radius 1 is 1.20 bits per heavy atom. The second kappa shape index (κ2) is 5.25. The van der Waals surface area contributed by atoms with Crippen LogP contribution in [0.25, 0.3) is 10.9 Å². The number of nitrogens with zero attached hydrogens (tertiary/aromatic N) is 1. The average Bonchev–Trinajstić information content (AvgIpc) is 2.95. The molecule has 2 heterocycles. The van der Waals surface area contributed by atoms with Crippen LogP contribution in [0, 0.1) is 0 Å². The number of benzene rings is 1. The predicted octanol–water partition coefficient (Wildman–Crippen LogP) is 2.96. The van der Waals surface area contributed by atoms with Gasteiger partial charge < -0.3 is 14.9 Å². The highest BCUT2D eigenvalue weighted by Crippen LogP contribution is 2.18. The molecule has 4 heteroatoms. The summed E-state index contributed by atoms with van der Waals surface area (Å²) in [4.78, 5) is 14.8. The minimum absolute atomic E-state index is 0.0320. The van der Waals surface area contributed by atoms with Gasteiger partial charge in [0.1, 0.15) is 0 Å². The number of hydrogen-bond acceptors (Lipinski definition) is 2. The third-order valence-electron chi connectivity index (χ3n) is 3.48. The molecular formula is C16H17N3O. The van der Waals surface area contributed by atoms with Crippen molar-refractivity contribution in [1.82, 2.24) is 9.55 Å². The molecule has 0 bridgehead atoms. The molecule has 0 unspecified atom stereocenters. The zero-order valence-corrected chi connectivity index (χ0v) is 11.4. The predicted molar refractivity (Wildman–Crippen MR) is 82.0 cm³/mol. The first-order chi connectivity index (χ1) is 9.78. The van der Waals surface area contributed by atoms with E-state index in [0.717, 1.165) is 17.7 Å². The number of nitrogens with one attached hydrogen (secondary N) is 2. The van der Waals surface area contributed by atoms with Gasteiger partial charge in [-0.05, 0) is 30.0 Å². The Kier molecular flexibility index (Phi) is 3.29. The van der Waals surface area contributed by atoms with Gasteiger partial charge in [0, 0.05) is 31.5 Å².